The topological polar surface area (TPSA) is 70.4 Å². The van der Waals surface area contributed by atoms with Crippen molar-refractivity contribution in [3.05, 3.63) is 53.6 Å². The summed E-state index contributed by atoms with van der Waals surface area (Å²) >= 11 is 5.85. The molecule has 0 bridgehead atoms. The van der Waals surface area contributed by atoms with Crippen LogP contribution in [-0.2, 0) is 0 Å². The lowest BCUT2D eigenvalue weighted by Gasteiger charge is -2.30. The van der Waals surface area contributed by atoms with Gasteiger partial charge in [0.25, 0.3) is 6.01 Å². The number of rotatable bonds is 4. The molecule has 2 aromatic carbocycles. The number of para-hydroxylation sites is 2. The lowest BCUT2D eigenvalue weighted by atomic mass is 9.97. The van der Waals surface area contributed by atoms with Crippen molar-refractivity contribution in [3.63, 3.8) is 0 Å². The van der Waals surface area contributed by atoms with Crippen LogP contribution in [0.5, 0.6) is 0 Å². The Morgan fingerprint density at radius 2 is 1.89 bits per heavy atom. The molecule has 0 saturated carbocycles. The van der Waals surface area contributed by atoms with Crippen molar-refractivity contribution in [2.75, 3.05) is 29.9 Å². The van der Waals surface area contributed by atoms with E-state index in [-0.39, 0.29) is 6.03 Å². The third kappa shape index (κ3) is 4.34. The smallest absolute Gasteiger partial charge is 0.319 e. The summed E-state index contributed by atoms with van der Waals surface area (Å²) in [5, 5.41) is 6.41. The molecule has 4 rings (SSSR count). The van der Waals surface area contributed by atoms with Crippen LogP contribution in [0.15, 0.2) is 52.9 Å². The molecular formula is C20H21ClN4O2. The molecule has 1 aromatic heterocycles. The molecule has 2 amide bonds. The molecule has 0 atom stereocenters. The van der Waals surface area contributed by atoms with E-state index < -0.39 is 0 Å². The van der Waals surface area contributed by atoms with Crippen molar-refractivity contribution < 1.29 is 9.21 Å². The number of carbonyl (C=O) groups is 1. The van der Waals surface area contributed by atoms with E-state index in [0.29, 0.717) is 23.5 Å². The van der Waals surface area contributed by atoms with Crippen LogP contribution >= 0.6 is 11.6 Å². The Kier molecular flexibility index (Phi) is 5.16. The molecule has 0 aliphatic carbocycles. The second kappa shape index (κ2) is 7.88. The maximum atomic E-state index is 12.0. The van der Waals surface area contributed by atoms with Crippen molar-refractivity contribution in [3.8, 4) is 0 Å². The van der Waals surface area contributed by atoms with Gasteiger partial charge in [-0.2, -0.15) is 4.98 Å². The number of nitrogens with zero attached hydrogens (tertiary/aromatic N) is 2. The van der Waals surface area contributed by atoms with Gasteiger partial charge in [0.05, 0.1) is 0 Å². The number of amides is 2. The highest BCUT2D eigenvalue weighted by atomic mass is 35.5. The average molecular weight is 385 g/mol. The highest BCUT2D eigenvalue weighted by Crippen LogP contribution is 2.26. The Morgan fingerprint density at radius 1 is 1.15 bits per heavy atom. The van der Waals surface area contributed by atoms with Crippen LogP contribution in [-0.4, -0.2) is 30.6 Å². The maximum Gasteiger partial charge on any atom is 0.319 e. The molecule has 1 aliphatic heterocycles. The van der Waals surface area contributed by atoms with Gasteiger partial charge in [0.1, 0.15) is 5.52 Å². The van der Waals surface area contributed by atoms with Crippen LogP contribution in [0.2, 0.25) is 5.02 Å². The number of piperidine rings is 1. The van der Waals surface area contributed by atoms with E-state index in [9.17, 15) is 4.79 Å². The van der Waals surface area contributed by atoms with Crippen LogP contribution in [0.25, 0.3) is 11.1 Å². The van der Waals surface area contributed by atoms with Crippen molar-refractivity contribution in [2.24, 2.45) is 5.92 Å². The first-order chi connectivity index (χ1) is 13.2. The minimum atomic E-state index is -0.196. The van der Waals surface area contributed by atoms with Crippen molar-refractivity contribution >= 4 is 40.4 Å². The first kappa shape index (κ1) is 17.7. The normalized spacial score (nSPS) is 15.1. The van der Waals surface area contributed by atoms with Gasteiger partial charge in [0.2, 0.25) is 0 Å². The summed E-state index contributed by atoms with van der Waals surface area (Å²) in [4.78, 5) is 18.8. The molecule has 2 N–H and O–H groups in total. The predicted octanol–water partition coefficient (Wildman–Crippen LogP) is 4.52. The molecule has 27 heavy (non-hydrogen) atoms. The lowest BCUT2D eigenvalue weighted by Crippen LogP contribution is -2.39. The lowest BCUT2D eigenvalue weighted by molar-refractivity contribution is 0.248. The molecule has 2 heterocycles. The van der Waals surface area contributed by atoms with Crippen LogP contribution in [0.3, 0.4) is 0 Å². The molecular weight excluding hydrogens is 364 g/mol. The summed E-state index contributed by atoms with van der Waals surface area (Å²) in [5.74, 6) is 0.446. The van der Waals surface area contributed by atoms with Crippen molar-refractivity contribution in [2.45, 2.75) is 12.8 Å². The first-order valence-corrected chi connectivity index (χ1v) is 9.46. The third-order valence-electron chi connectivity index (χ3n) is 4.82. The molecule has 1 saturated heterocycles. The Hall–Kier alpha value is -2.73. The van der Waals surface area contributed by atoms with E-state index in [1.807, 2.05) is 24.3 Å². The van der Waals surface area contributed by atoms with E-state index in [0.717, 1.165) is 42.7 Å². The first-order valence-electron chi connectivity index (χ1n) is 9.08. The number of benzene rings is 2. The number of oxazole rings is 1. The zero-order valence-corrected chi connectivity index (χ0v) is 15.6. The number of nitrogens with one attached hydrogen (secondary N) is 2. The van der Waals surface area contributed by atoms with E-state index in [1.54, 1.807) is 24.3 Å². The van der Waals surface area contributed by atoms with Gasteiger partial charge in [-0.3, -0.25) is 0 Å². The summed E-state index contributed by atoms with van der Waals surface area (Å²) < 4.78 is 5.84. The van der Waals surface area contributed by atoms with Crippen LogP contribution in [0, 0.1) is 5.92 Å². The standard InChI is InChI=1S/C20H21ClN4O2/c21-15-5-7-16(8-6-15)23-19(26)22-13-14-9-11-25(12-10-14)20-24-17-3-1-2-4-18(17)27-20/h1-8,14H,9-13H2,(H2,22,23,26). The highest BCUT2D eigenvalue weighted by molar-refractivity contribution is 6.30. The van der Waals surface area contributed by atoms with Gasteiger partial charge in [-0.25, -0.2) is 4.79 Å². The Labute approximate surface area is 162 Å². The highest BCUT2D eigenvalue weighted by Gasteiger charge is 2.23. The van der Waals surface area contributed by atoms with Crippen molar-refractivity contribution in [1.82, 2.24) is 10.3 Å². The van der Waals surface area contributed by atoms with Gasteiger partial charge in [0.15, 0.2) is 5.58 Å². The van der Waals surface area contributed by atoms with Crippen LogP contribution in [0.1, 0.15) is 12.8 Å². The predicted molar refractivity (Wildman–Crippen MR) is 107 cm³/mol. The quantitative estimate of drug-likeness (QED) is 0.693. The molecule has 1 aliphatic rings. The summed E-state index contributed by atoms with van der Waals surface area (Å²) in [5.41, 5.74) is 2.42. The molecule has 7 heteroatoms. The van der Waals surface area contributed by atoms with Crippen LogP contribution in [0.4, 0.5) is 16.5 Å². The van der Waals surface area contributed by atoms with Gasteiger partial charge >= 0.3 is 6.03 Å². The zero-order valence-electron chi connectivity index (χ0n) is 14.8. The number of urea groups is 1. The molecule has 1 fully saturated rings. The average Bonchev–Trinajstić information content (AvgIpc) is 3.13. The van der Waals surface area contributed by atoms with Gasteiger partial charge in [-0.1, -0.05) is 23.7 Å². The fraction of sp³-hybridized carbons (Fsp3) is 0.300. The Balaban J connectivity index is 1.24. The van der Waals surface area contributed by atoms with Gasteiger partial charge in [-0.05, 0) is 55.2 Å². The molecule has 0 spiro atoms. The molecule has 3 aromatic rings. The molecule has 0 radical (unpaired) electrons. The van der Waals surface area contributed by atoms with E-state index in [1.165, 1.54) is 0 Å². The van der Waals surface area contributed by atoms with E-state index >= 15 is 0 Å². The maximum absolute atomic E-state index is 12.0. The second-order valence-electron chi connectivity index (χ2n) is 6.74. The number of anilines is 2. The summed E-state index contributed by atoms with van der Waals surface area (Å²) in [6.45, 7) is 2.40. The molecule has 6 nitrogen and oxygen atoms in total. The SMILES string of the molecule is O=C(NCC1CCN(c2nc3ccccc3o2)CC1)Nc1ccc(Cl)cc1. The minimum Gasteiger partial charge on any atom is -0.423 e. The van der Waals surface area contributed by atoms with Gasteiger partial charge in [0, 0.05) is 30.3 Å². The fourth-order valence-corrected chi connectivity index (χ4v) is 3.40. The number of carbonyl (C=O) groups excluding carboxylic acids is 1. The third-order valence-corrected chi connectivity index (χ3v) is 5.07. The largest absolute Gasteiger partial charge is 0.423 e. The number of aromatic nitrogens is 1. The number of hydrogen-bond acceptors (Lipinski definition) is 4. The monoisotopic (exact) mass is 384 g/mol. The summed E-state index contributed by atoms with van der Waals surface area (Å²) in [7, 11) is 0. The van der Waals surface area contributed by atoms with E-state index in [2.05, 4.69) is 20.5 Å². The second-order valence-corrected chi connectivity index (χ2v) is 7.17. The fourth-order valence-electron chi connectivity index (χ4n) is 3.27. The Bertz CT molecular complexity index is 884. The summed E-state index contributed by atoms with van der Waals surface area (Å²) in [6.07, 6.45) is 1.97. The van der Waals surface area contributed by atoms with Crippen LogP contribution < -0.4 is 15.5 Å². The van der Waals surface area contributed by atoms with Gasteiger partial charge in [-0.15, -0.1) is 0 Å². The zero-order chi connectivity index (χ0) is 18.6. The Morgan fingerprint density at radius 3 is 2.63 bits per heavy atom. The number of fused-ring (bicyclic) bond motifs is 1. The summed E-state index contributed by atoms with van der Waals surface area (Å²) in [6, 6.07) is 15.3. The molecule has 0 unspecified atom stereocenters. The van der Waals surface area contributed by atoms with Gasteiger partial charge < -0.3 is 20.0 Å². The number of hydrogen-bond donors (Lipinski definition) is 2. The number of halogens is 1. The molecule has 140 valence electrons. The minimum absolute atomic E-state index is 0.196. The van der Waals surface area contributed by atoms with E-state index in [4.69, 9.17) is 16.0 Å². The van der Waals surface area contributed by atoms with Crippen molar-refractivity contribution in [1.29, 1.82) is 0 Å².